The third-order valence-electron chi connectivity index (χ3n) is 3.33. The van der Waals surface area contributed by atoms with Crippen LogP contribution in [-0.2, 0) is 9.53 Å². The third kappa shape index (κ3) is 4.41. The number of esters is 1. The van der Waals surface area contributed by atoms with Gasteiger partial charge < -0.3 is 9.15 Å². The molecule has 0 amide bonds. The molecule has 2 aromatic rings. The topological polar surface area (TPSA) is 63.2 Å². The molecule has 1 atom stereocenters. The smallest absolute Gasteiger partial charge is 0.349 e. The van der Waals surface area contributed by atoms with E-state index in [9.17, 15) is 4.79 Å². The minimum absolute atomic E-state index is 0.126. The lowest BCUT2D eigenvalue weighted by molar-refractivity contribution is -0.142. The van der Waals surface area contributed by atoms with Gasteiger partial charge in [-0.3, -0.25) is 0 Å². The number of hydrogen-bond acceptors (Lipinski definition) is 4. The summed E-state index contributed by atoms with van der Waals surface area (Å²) in [5.74, 6) is 0.193. The van der Waals surface area contributed by atoms with Crippen LogP contribution in [0.15, 0.2) is 40.3 Å². The molecule has 1 heterocycles. The van der Waals surface area contributed by atoms with Crippen LogP contribution in [0.4, 0.5) is 0 Å². The van der Waals surface area contributed by atoms with E-state index in [1.165, 1.54) is 6.08 Å². The molecule has 0 radical (unpaired) electrons. The summed E-state index contributed by atoms with van der Waals surface area (Å²) in [6.45, 7) is 3.66. The van der Waals surface area contributed by atoms with E-state index in [0.717, 1.165) is 0 Å². The normalized spacial score (nSPS) is 12.5. The van der Waals surface area contributed by atoms with Crippen molar-refractivity contribution in [3.63, 3.8) is 0 Å². The first-order valence-corrected chi connectivity index (χ1v) is 8.08. The predicted octanol–water partition coefficient (Wildman–Crippen LogP) is 5.50. The van der Waals surface area contributed by atoms with E-state index in [2.05, 4.69) is 0 Å². The van der Waals surface area contributed by atoms with Crippen LogP contribution in [-0.4, -0.2) is 12.1 Å². The predicted molar refractivity (Wildman–Crippen MR) is 93.6 cm³/mol. The van der Waals surface area contributed by atoms with Gasteiger partial charge in [-0.05, 0) is 43.7 Å². The van der Waals surface area contributed by atoms with E-state index in [0.29, 0.717) is 33.6 Å². The molecule has 2 rings (SSSR count). The van der Waals surface area contributed by atoms with Gasteiger partial charge in [0.2, 0.25) is 0 Å². The number of halogens is 2. The number of furan rings is 1. The van der Waals surface area contributed by atoms with E-state index >= 15 is 0 Å². The van der Waals surface area contributed by atoms with Crippen molar-refractivity contribution in [3.8, 4) is 17.4 Å². The van der Waals surface area contributed by atoms with Crippen molar-refractivity contribution in [1.82, 2.24) is 0 Å². The fraction of sp³-hybridized carbons (Fsp3) is 0.222. The first kappa shape index (κ1) is 18.1. The van der Waals surface area contributed by atoms with Crippen LogP contribution < -0.4 is 0 Å². The molecule has 24 heavy (non-hydrogen) atoms. The number of carbonyl (C=O) groups excluding carboxylic acids is 1. The van der Waals surface area contributed by atoms with Gasteiger partial charge in [0.05, 0.1) is 11.1 Å². The van der Waals surface area contributed by atoms with E-state index in [-0.39, 0.29) is 11.7 Å². The first-order valence-electron chi connectivity index (χ1n) is 7.32. The number of hydrogen-bond donors (Lipinski definition) is 0. The van der Waals surface area contributed by atoms with Gasteiger partial charge in [0.1, 0.15) is 23.2 Å². The van der Waals surface area contributed by atoms with E-state index < -0.39 is 5.97 Å². The second kappa shape index (κ2) is 8.05. The van der Waals surface area contributed by atoms with Gasteiger partial charge in [0.25, 0.3) is 0 Å². The quantitative estimate of drug-likeness (QED) is 0.399. The summed E-state index contributed by atoms with van der Waals surface area (Å²) < 4.78 is 10.8. The number of ether oxygens (including phenoxy) is 1. The summed E-state index contributed by atoms with van der Waals surface area (Å²) in [5, 5.41) is 10.1. The van der Waals surface area contributed by atoms with Crippen molar-refractivity contribution in [1.29, 1.82) is 5.26 Å². The van der Waals surface area contributed by atoms with Gasteiger partial charge in [0.15, 0.2) is 0 Å². The summed E-state index contributed by atoms with van der Waals surface area (Å²) in [6.07, 6.45) is 1.76. The molecule has 0 bridgehead atoms. The highest BCUT2D eigenvalue weighted by Crippen LogP contribution is 2.32. The van der Waals surface area contributed by atoms with Crippen LogP contribution in [0.25, 0.3) is 17.4 Å². The van der Waals surface area contributed by atoms with Gasteiger partial charge in [0, 0.05) is 16.7 Å². The average Bonchev–Trinajstić information content (AvgIpc) is 3.00. The third-order valence-corrected chi connectivity index (χ3v) is 3.88. The molecule has 0 saturated heterocycles. The molecule has 4 nitrogen and oxygen atoms in total. The maximum Gasteiger partial charge on any atom is 0.349 e. The molecule has 0 N–H and O–H groups in total. The second-order valence-corrected chi connectivity index (χ2v) is 5.96. The second-order valence-electron chi connectivity index (χ2n) is 5.12. The van der Waals surface area contributed by atoms with Crippen molar-refractivity contribution < 1.29 is 13.9 Å². The maximum atomic E-state index is 11.9. The number of rotatable bonds is 5. The lowest BCUT2D eigenvalue weighted by atomic mass is 10.2. The first-order chi connectivity index (χ1) is 11.4. The van der Waals surface area contributed by atoms with Gasteiger partial charge >= 0.3 is 5.97 Å². The fourth-order valence-corrected chi connectivity index (χ4v) is 2.37. The Morgan fingerprint density at radius 2 is 2.12 bits per heavy atom. The molecule has 124 valence electrons. The van der Waals surface area contributed by atoms with Crippen molar-refractivity contribution in [3.05, 3.63) is 51.7 Å². The zero-order valence-corrected chi connectivity index (χ0v) is 14.7. The van der Waals surface area contributed by atoms with Crippen LogP contribution in [0, 0.1) is 11.3 Å². The molecule has 0 saturated carbocycles. The van der Waals surface area contributed by atoms with E-state index in [1.54, 1.807) is 37.3 Å². The fourth-order valence-electron chi connectivity index (χ4n) is 1.87. The van der Waals surface area contributed by atoms with E-state index in [1.807, 2.05) is 13.0 Å². The number of nitriles is 1. The van der Waals surface area contributed by atoms with Gasteiger partial charge in [-0.2, -0.15) is 5.26 Å². The standard InChI is InChI=1S/C18H15Cl2NO3/c1-3-11(2)23-18(22)12(10-21)8-14-5-7-17(24-14)15-6-4-13(19)9-16(15)20/h4-9,11H,3H2,1-2H3/b12-8+/t11-/m0/s1. The highest BCUT2D eigenvalue weighted by Gasteiger charge is 2.15. The highest BCUT2D eigenvalue weighted by atomic mass is 35.5. The molecule has 0 aliphatic heterocycles. The van der Waals surface area contributed by atoms with Crippen LogP contribution >= 0.6 is 23.2 Å². The Morgan fingerprint density at radius 3 is 2.75 bits per heavy atom. The molecule has 1 aromatic carbocycles. The molecule has 0 fully saturated rings. The Labute approximate surface area is 150 Å². The van der Waals surface area contributed by atoms with E-state index in [4.69, 9.17) is 37.6 Å². The summed E-state index contributed by atoms with van der Waals surface area (Å²) in [7, 11) is 0. The SMILES string of the molecule is CC[C@H](C)OC(=O)/C(C#N)=C/c1ccc(-c2ccc(Cl)cc2Cl)o1. The zero-order chi connectivity index (χ0) is 17.7. The lowest BCUT2D eigenvalue weighted by Gasteiger charge is -2.09. The number of nitrogens with zero attached hydrogens (tertiary/aromatic N) is 1. The Kier molecular flexibility index (Phi) is 6.08. The molecule has 0 unspecified atom stereocenters. The minimum atomic E-state index is -0.672. The molecular weight excluding hydrogens is 349 g/mol. The number of benzene rings is 1. The van der Waals surface area contributed by atoms with Crippen molar-refractivity contribution >= 4 is 35.2 Å². The number of carbonyl (C=O) groups is 1. The Balaban J connectivity index is 2.26. The molecule has 0 aliphatic carbocycles. The summed E-state index contributed by atoms with van der Waals surface area (Å²) >= 11 is 12.0. The Hall–Kier alpha value is -2.22. The van der Waals surface area contributed by atoms with Crippen LogP contribution in [0.1, 0.15) is 26.0 Å². The van der Waals surface area contributed by atoms with Crippen LogP contribution in [0.5, 0.6) is 0 Å². The minimum Gasteiger partial charge on any atom is -0.459 e. The van der Waals surface area contributed by atoms with Crippen LogP contribution in [0.2, 0.25) is 10.0 Å². The molecule has 1 aromatic heterocycles. The lowest BCUT2D eigenvalue weighted by Crippen LogP contribution is -2.15. The maximum absolute atomic E-state index is 11.9. The average molecular weight is 364 g/mol. The van der Waals surface area contributed by atoms with Gasteiger partial charge in [-0.1, -0.05) is 30.1 Å². The Bertz CT molecular complexity index is 818. The summed E-state index contributed by atoms with van der Waals surface area (Å²) in [4.78, 5) is 11.9. The zero-order valence-electron chi connectivity index (χ0n) is 13.2. The highest BCUT2D eigenvalue weighted by molar-refractivity contribution is 6.36. The monoisotopic (exact) mass is 363 g/mol. The molecule has 6 heteroatoms. The van der Waals surface area contributed by atoms with Crippen LogP contribution in [0.3, 0.4) is 0 Å². The van der Waals surface area contributed by atoms with Gasteiger partial charge in [-0.15, -0.1) is 0 Å². The molecule has 0 spiro atoms. The van der Waals surface area contributed by atoms with Crippen molar-refractivity contribution in [2.24, 2.45) is 0 Å². The summed E-state index contributed by atoms with van der Waals surface area (Å²) in [6, 6.07) is 10.2. The van der Waals surface area contributed by atoms with Crippen molar-refractivity contribution in [2.75, 3.05) is 0 Å². The molecule has 0 aliphatic rings. The largest absolute Gasteiger partial charge is 0.459 e. The van der Waals surface area contributed by atoms with Gasteiger partial charge in [-0.25, -0.2) is 4.79 Å². The Morgan fingerprint density at radius 1 is 1.38 bits per heavy atom. The summed E-state index contributed by atoms with van der Waals surface area (Å²) in [5.41, 5.74) is 0.541. The van der Waals surface area contributed by atoms with Crippen molar-refractivity contribution in [2.45, 2.75) is 26.4 Å². The molecular formula is C18H15Cl2NO3.